The number of phenolic OH excluding ortho intramolecular Hbond substituents is 4. The molecule has 0 amide bonds. The van der Waals surface area contributed by atoms with Gasteiger partial charge in [-0.05, 0) is 37.4 Å². The van der Waals surface area contributed by atoms with E-state index in [1.807, 2.05) is 18.7 Å². The van der Waals surface area contributed by atoms with Gasteiger partial charge in [0, 0.05) is 18.2 Å². The lowest BCUT2D eigenvalue weighted by molar-refractivity contribution is 0.287. The summed E-state index contributed by atoms with van der Waals surface area (Å²) in [5.74, 6) is -1.67. The van der Waals surface area contributed by atoms with E-state index >= 15 is 0 Å². The smallest absolute Gasteiger partial charge is 0.201 e. The molecule has 0 unspecified atom stereocenters. The van der Waals surface area contributed by atoms with E-state index in [0.717, 1.165) is 0 Å². The quantitative estimate of drug-likeness (QED) is 0.509. The molecule has 3 rings (SSSR count). The zero-order valence-electron chi connectivity index (χ0n) is 15.1. The Bertz CT molecular complexity index is 1040. The van der Waals surface area contributed by atoms with Gasteiger partial charge in [0.1, 0.15) is 16.9 Å². The number of fused-ring (bicyclic) bond motifs is 1. The average Bonchev–Trinajstić information content (AvgIpc) is 2.66. The molecule has 4 N–H and O–H groups in total. The summed E-state index contributed by atoms with van der Waals surface area (Å²) in [6.45, 7) is 5.48. The first-order chi connectivity index (χ1) is 12.9. The SMILES string of the molecule is CCN(CC)Cc1c(O)c(O)c(O)c2c(=O)cc(-c3ccc(O)cc3)oc12. The number of nitrogens with zero attached hydrogens (tertiary/aromatic N) is 1. The molecule has 1 aromatic heterocycles. The fourth-order valence-electron chi connectivity index (χ4n) is 3.00. The van der Waals surface area contributed by atoms with Crippen LogP contribution in [0.5, 0.6) is 23.0 Å². The molecule has 2 aromatic carbocycles. The number of hydrogen-bond acceptors (Lipinski definition) is 7. The Morgan fingerprint density at radius 2 is 1.56 bits per heavy atom. The lowest BCUT2D eigenvalue weighted by atomic mass is 10.0. The van der Waals surface area contributed by atoms with Crippen LogP contribution in [0.4, 0.5) is 0 Å². The second-order valence-corrected chi connectivity index (χ2v) is 6.21. The molecule has 0 aliphatic rings. The second-order valence-electron chi connectivity index (χ2n) is 6.21. The lowest BCUT2D eigenvalue weighted by Gasteiger charge is -2.20. The van der Waals surface area contributed by atoms with Gasteiger partial charge in [-0.15, -0.1) is 0 Å². The molecule has 7 heteroatoms. The van der Waals surface area contributed by atoms with Crippen molar-refractivity contribution in [2.45, 2.75) is 20.4 Å². The van der Waals surface area contributed by atoms with Crippen LogP contribution in [0.25, 0.3) is 22.3 Å². The van der Waals surface area contributed by atoms with Crippen LogP contribution in [-0.2, 0) is 6.54 Å². The molecule has 7 nitrogen and oxygen atoms in total. The van der Waals surface area contributed by atoms with Crippen molar-refractivity contribution in [3.05, 3.63) is 46.1 Å². The summed E-state index contributed by atoms with van der Waals surface area (Å²) in [6.07, 6.45) is 0. The summed E-state index contributed by atoms with van der Waals surface area (Å²) in [4.78, 5) is 14.6. The topological polar surface area (TPSA) is 114 Å². The van der Waals surface area contributed by atoms with Crippen LogP contribution in [0.15, 0.2) is 39.5 Å². The minimum absolute atomic E-state index is 0.0188. The molecule has 0 atom stereocenters. The van der Waals surface area contributed by atoms with E-state index in [9.17, 15) is 25.2 Å². The third-order valence-corrected chi connectivity index (χ3v) is 4.62. The highest BCUT2D eigenvalue weighted by molar-refractivity contribution is 5.92. The standard InChI is InChI=1S/C20H21NO6/c1-3-21(4-2)10-13-17(24)19(26)18(25)16-14(23)9-15(27-20(13)16)11-5-7-12(22)8-6-11/h5-9,22,24-26H,3-4,10H2,1-2H3. The van der Waals surface area contributed by atoms with Gasteiger partial charge in [-0.25, -0.2) is 0 Å². The Labute approximate surface area is 155 Å². The van der Waals surface area contributed by atoms with E-state index in [-0.39, 0.29) is 34.6 Å². The van der Waals surface area contributed by atoms with Crippen molar-refractivity contribution in [1.82, 2.24) is 4.90 Å². The summed E-state index contributed by atoms with van der Waals surface area (Å²) < 4.78 is 5.87. The zero-order valence-corrected chi connectivity index (χ0v) is 15.1. The van der Waals surface area contributed by atoms with Crippen molar-refractivity contribution in [3.63, 3.8) is 0 Å². The van der Waals surface area contributed by atoms with Crippen molar-refractivity contribution >= 4 is 11.0 Å². The fourth-order valence-corrected chi connectivity index (χ4v) is 3.00. The van der Waals surface area contributed by atoms with Gasteiger partial charge >= 0.3 is 0 Å². The van der Waals surface area contributed by atoms with Gasteiger partial charge in [0.2, 0.25) is 5.75 Å². The maximum Gasteiger partial charge on any atom is 0.201 e. The molecule has 1 heterocycles. The normalized spacial score (nSPS) is 11.4. The zero-order chi connectivity index (χ0) is 19.7. The van der Waals surface area contributed by atoms with Gasteiger partial charge in [-0.2, -0.15) is 0 Å². The highest BCUT2D eigenvalue weighted by Crippen LogP contribution is 2.44. The fraction of sp³-hybridized carbons (Fsp3) is 0.250. The first kappa shape index (κ1) is 18.6. The predicted molar refractivity (Wildman–Crippen MR) is 101 cm³/mol. The minimum atomic E-state index is -0.741. The van der Waals surface area contributed by atoms with Crippen molar-refractivity contribution < 1.29 is 24.8 Å². The largest absolute Gasteiger partial charge is 0.508 e. The van der Waals surface area contributed by atoms with Crippen LogP contribution in [0.2, 0.25) is 0 Å². The molecule has 0 radical (unpaired) electrons. The highest BCUT2D eigenvalue weighted by atomic mass is 16.3. The summed E-state index contributed by atoms with van der Waals surface area (Å²) >= 11 is 0. The molecule has 3 aromatic rings. The molecular weight excluding hydrogens is 350 g/mol. The van der Waals surface area contributed by atoms with Crippen molar-refractivity contribution in [1.29, 1.82) is 0 Å². The monoisotopic (exact) mass is 371 g/mol. The summed E-state index contributed by atoms with van der Waals surface area (Å²) in [7, 11) is 0. The highest BCUT2D eigenvalue weighted by Gasteiger charge is 2.24. The molecule has 0 bridgehead atoms. The molecule has 0 spiro atoms. The predicted octanol–water partition coefficient (Wildman–Crippen LogP) is 3.12. The van der Waals surface area contributed by atoms with Crippen molar-refractivity contribution in [3.8, 4) is 34.3 Å². The maximum absolute atomic E-state index is 12.6. The molecule has 27 heavy (non-hydrogen) atoms. The molecule has 0 saturated carbocycles. The number of aromatic hydroxyl groups is 4. The Balaban J connectivity index is 2.32. The van der Waals surface area contributed by atoms with Crippen LogP contribution in [0.1, 0.15) is 19.4 Å². The van der Waals surface area contributed by atoms with Crippen LogP contribution in [0, 0.1) is 0 Å². The first-order valence-corrected chi connectivity index (χ1v) is 8.62. The van der Waals surface area contributed by atoms with Gasteiger partial charge in [-0.1, -0.05) is 13.8 Å². The van der Waals surface area contributed by atoms with E-state index in [2.05, 4.69) is 0 Å². The van der Waals surface area contributed by atoms with Crippen LogP contribution in [-0.4, -0.2) is 38.4 Å². The number of hydrogen-bond donors (Lipinski definition) is 4. The van der Waals surface area contributed by atoms with Crippen molar-refractivity contribution in [2.75, 3.05) is 13.1 Å². The van der Waals surface area contributed by atoms with E-state index in [4.69, 9.17) is 4.42 Å². The molecular formula is C20H21NO6. The summed E-state index contributed by atoms with van der Waals surface area (Å²) in [6, 6.07) is 7.30. The molecule has 142 valence electrons. The second kappa shape index (κ2) is 7.20. The van der Waals surface area contributed by atoms with Gasteiger partial charge in [0.25, 0.3) is 0 Å². The van der Waals surface area contributed by atoms with E-state index < -0.39 is 22.7 Å². The van der Waals surface area contributed by atoms with E-state index in [1.54, 1.807) is 12.1 Å². The Morgan fingerprint density at radius 3 is 2.15 bits per heavy atom. The van der Waals surface area contributed by atoms with Crippen LogP contribution >= 0.6 is 0 Å². The van der Waals surface area contributed by atoms with Crippen LogP contribution in [0.3, 0.4) is 0 Å². The number of rotatable bonds is 5. The van der Waals surface area contributed by atoms with Gasteiger partial charge in [0.15, 0.2) is 22.5 Å². The summed E-state index contributed by atoms with van der Waals surface area (Å²) in [5.41, 5.74) is 0.243. The van der Waals surface area contributed by atoms with E-state index in [1.165, 1.54) is 18.2 Å². The minimum Gasteiger partial charge on any atom is -0.508 e. The van der Waals surface area contributed by atoms with Gasteiger partial charge in [0.05, 0.1) is 5.56 Å². The van der Waals surface area contributed by atoms with Gasteiger partial charge in [-0.3, -0.25) is 9.69 Å². The number of benzene rings is 2. The molecule has 0 saturated heterocycles. The average molecular weight is 371 g/mol. The van der Waals surface area contributed by atoms with Gasteiger partial charge < -0.3 is 24.8 Å². The third kappa shape index (κ3) is 3.29. The first-order valence-electron chi connectivity index (χ1n) is 8.62. The van der Waals surface area contributed by atoms with Crippen molar-refractivity contribution in [2.24, 2.45) is 0 Å². The molecule has 0 aliphatic heterocycles. The van der Waals surface area contributed by atoms with E-state index in [0.29, 0.717) is 18.7 Å². The Hall–Kier alpha value is -3.19. The Morgan fingerprint density at radius 1 is 0.926 bits per heavy atom. The summed E-state index contributed by atoms with van der Waals surface area (Å²) in [5, 5.41) is 39.9. The van der Waals surface area contributed by atoms with Crippen LogP contribution < -0.4 is 5.43 Å². The third-order valence-electron chi connectivity index (χ3n) is 4.62. The number of phenols is 4. The lowest BCUT2D eigenvalue weighted by Crippen LogP contribution is -2.22. The molecule has 0 fully saturated rings. The molecule has 0 aliphatic carbocycles. The Kier molecular flexibility index (Phi) is 4.96. The maximum atomic E-state index is 12.6.